The number of aryl methyl sites for hydroxylation is 2. The fraction of sp³-hybridized carbons (Fsp3) is 0.333. The van der Waals surface area contributed by atoms with Gasteiger partial charge in [-0.2, -0.15) is 0 Å². The van der Waals surface area contributed by atoms with E-state index in [1.54, 1.807) is 34.7 Å². The third-order valence-electron chi connectivity index (χ3n) is 8.36. The molecule has 5 rings (SSSR count). The fourth-order valence-corrected chi connectivity index (χ4v) is 6.64. The molecule has 4 aromatic rings. The summed E-state index contributed by atoms with van der Waals surface area (Å²) in [6.07, 6.45) is 9.30. The van der Waals surface area contributed by atoms with Crippen molar-refractivity contribution in [2.45, 2.75) is 51.7 Å². The Morgan fingerprint density at radius 2 is 1.59 bits per heavy atom. The maximum Gasteiger partial charge on any atom is 0.247 e. The molecule has 0 saturated carbocycles. The van der Waals surface area contributed by atoms with Gasteiger partial charge < -0.3 is 14.7 Å². The number of carbonyl (C=O) groups is 2. The molecule has 1 atom stereocenters. The Hall–Kier alpha value is -4.14. The maximum atomic E-state index is 14.4. The van der Waals surface area contributed by atoms with E-state index in [1.807, 2.05) is 79.4 Å². The molecule has 1 saturated heterocycles. The Labute approximate surface area is 264 Å². The van der Waals surface area contributed by atoms with Crippen LogP contribution in [0.15, 0.2) is 85.2 Å². The topological polar surface area (TPSA) is 69.6 Å². The van der Waals surface area contributed by atoms with E-state index in [0.29, 0.717) is 32.1 Å². The Morgan fingerprint density at radius 1 is 0.932 bits per heavy atom. The first-order valence-electron chi connectivity index (χ1n) is 15.2. The van der Waals surface area contributed by atoms with Crippen molar-refractivity contribution in [3.8, 4) is 11.1 Å². The van der Waals surface area contributed by atoms with Crippen molar-refractivity contribution in [2.24, 2.45) is 0 Å². The van der Waals surface area contributed by atoms with Crippen LogP contribution in [0.2, 0.25) is 0 Å². The molecule has 2 amide bonds. The Balaban J connectivity index is 1.47. The number of pyridine rings is 1. The lowest BCUT2D eigenvalue weighted by Crippen LogP contribution is -2.54. The first-order chi connectivity index (χ1) is 21.3. The Bertz CT molecular complexity index is 1560. The van der Waals surface area contributed by atoms with Crippen molar-refractivity contribution < 1.29 is 9.59 Å². The number of hydrogen-bond acceptors (Lipinski definition) is 6. The second-order valence-corrected chi connectivity index (χ2v) is 12.9. The molecule has 8 heteroatoms. The molecule has 2 aromatic carbocycles. The number of hydrogen-bond donors (Lipinski definition) is 0. The summed E-state index contributed by atoms with van der Waals surface area (Å²) >= 11 is 1.56. The lowest BCUT2D eigenvalue weighted by Gasteiger charge is -2.39. The van der Waals surface area contributed by atoms with Crippen LogP contribution in [-0.4, -0.2) is 75.8 Å². The highest BCUT2D eigenvalue weighted by molar-refractivity contribution is 7.12. The van der Waals surface area contributed by atoms with Crippen LogP contribution in [0.3, 0.4) is 0 Å². The Morgan fingerprint density at radius 3 is 2.20 bits per heavy atom. The molecular weight excluding hydrogens is 566 g/mol. The molecule has 44 heavy (non-hydrogen) atoms. The summed E-state index contributed by atoms with van der Waals surface area (Å²) in [6, 6.07) is 22.0. The van der Waals surface area contributed by atoms with Crippen LogP contribution in [0.1, 0.15) is 39.5 Å². The lowest BCUT2D eigenvalue weighted by atomic mass is 9.98. The van der Waals surface area contributed by atoms with Crippen LogP contribution in [0.25, 0.3) is 17.2 Å². The fourth-order valence-electron chi connectivity index (χ4n) is 5.81. The standard InChI is InChI=1S/C36H41N5O2S/c1-26-34(44-27(2)38-26)14-15-35(42)41(25-29-10-12-30(13-11-29)31-16-20-37-21-17-31)33(24-28-8-6-5-7-9-28)36(43)40-22-18-32(19-23-40)39(3)4/h5-17,20-21,32-33H,18-19,22-25H2,1-4H3/t33-/m0/s1. The van der Waals surface area contributed by atoms with Gasteiger partial charge in [0.15, 0.2) is 0 Å². The molecule has 0 radical (unpaired) electrons. The highest BCUT2D eigenvalue weighted by Gasteiger charge is 2.34. The zero-order valence-electron chi connectivity index (χ0n) is 26.0. The van der Waals surface area contributed by atoms with Gasteiger partial charge >= 0.3 is 0 Å². The van der Waals surface area contributed by atoms with Gasteiger partial charge in [0, 0.05) is 50.6 Å². The van der Waals surface area contributed by atoms with Gasteiger partial charge in [-0.15, -0.1) is 11.3 Å². The smallest absolute Gasteiger partial charge is 0.247 e. The molecule has 0 spiro atoms. The van der Waals surface area contributed by atoms with Gasteiger partial charge in [-0.3, -0.25) is 14.6 Å². The summed E-state index contributed by atoms with van der Waals surface area (Å²) in [5.41, 5.74) is 5.04. The number of nitrogens with zero attached hydrogens (tertiary/aromatic N) is 5. The van der Waals surface area contributed by atoms with Crippen molar-refractivity contribution in [1.82, 2.24) is 24.7 Å². The van der Waals surface area contributed by atoms with E-state index in [-0.39, 0.29) is 11.8 Å². The minimum Gasteiger partial charge on any atom is -0.341 e. The summed E-state index contributed by atoms with van der Waals surface area (Å²) in [4.78, 5) is 44.0. The third-order valence-corrected chi connectivity index (χ3v) is 9.40. The number of likely N-dealkylation sites (tertiary alicyclic amines) is 1. The first-order valence-corrected chi connectivity index (χ1v) is 16.0. The van der Waals surface area contributed by atoms with Gasteiger partial charge in [-0.05, 0) is 81.2 Å². The number of amides is 2. The van der Waals surface area contributed by atoms with Crippen molar-refractivity contribution in [1.29, 1.82) is 0 Å². The minimum atomic E-state index is -0.644. The Kier molecular flexibility index (Phi) is 10.4. The summed E-state index contributed by atoms with van der Waals surface area (Å²) in [7, 11) is 4.19. The van der Waals surface area contributed by atoms with E-state index < -0.39 is 6.04 Å². The molecule has 0 unspecified atom stereocenters. The van der Waals surface area contributed by atoms with Gasteiger partial charge in [0.25, 0.3) is 0 Å². The van der Waals surface area contributed by atoms with Gasteiger partial charge in [0.2, 0.25) is 11.8 Å². The molecule has 1 aliphatic heterocycles. The molecule has 3 heterocycles. The number of thiazole rings is 1. The van der Waals surface area contributed by atoms with E-state index in [2.05, 4.69) is 41.1 Å². The van der Waals surface area contributed by atoms with Gasteiger partial charge in [-0.25, -0.2) is 4.98 Å². The molecule has 0 aliphatic carbocycles. The zero-order chi connectivity index (χ0) is 31.1. The monoisotopic (exact) mass is 607 g/mol. The van der Waals surface area contributed by atoms with E-state index in [1.165, 1.54) is 0 Å². The molecule has 228 valence electrons. The van der Waals surface area contributed by atoms with Crippen molar-refractivity contribution in [3.63, 3.8) is 0 Å². The predicted octanol–water partition coefficient (Wildman–Crippen LogP) is 6.03. The molecule has 1 aliphatic rings. The van der Waals surface area contributed by atoms with Crippen molar-refractivity contribution in [3.05, 3.63) is 112 Å². The van der Waals surface area contributed by atoms with Crippen molar-refractivity contribution in [2.75, 3.05) is 27.2 Å². The normalized spacial score (nSPS) is 14.7. The second-order valence-electron chi connectivity index (χ2n) is 11.6. The maximum absolute atomic E-state index is 14.4. The van der Waals surface area contributed by atoms with E-state index in [0.717, 1.165) is 50.7 Å². The predicted molar refractivity (Wildman–Crippen MR) is 178 cm³/mol. The third kappa shape index (κ3) is 7.87. The molecule has 0 bridgehead atoms. The molecule has 2 aromatic heterocycles. The summed E-state index contributed by atoms with van der Waals surface area (Å²) < 4.78 is 0. The molecular formula is C36H41N5O2S. The highest BCUT2D eigenvalue weighted by atomic mass is 32.1. The second kappa shape index (κ2) is 14.6. The number of carbonyl (C=O) groups excluding carboxylic acids is 2. The summed E-state index contributed by atoms with van der Waals surface area (Å²) in [5.74, 6) is -0.183. The van der Waals surface area contributed by atoms with E-state index >= 15 is 0 Å². The average molecular weight is 608 g/mol. The zero-order valence-corrected chi connectivity index (χ0v) is 26.8. The number of benzene rings is 2. The van der Waals surface area contributed by atoms with Crippen LogP contribution in [0, 0.1) is 13.8 Å². The largest absolute Gasteiger partial charge is 0.341 e. The summed E-state index contributed by atoms with van der Waals surface area (Å²) in [5, 5.41) is 0.957. The number of piperidine rings is 1. The van der Waals surface area contributed by atoms with E-state index in [9.17, 15) is 9.59 Å². The van der Waals surface area contributed by atoms with Gasteiger partial charge in [-0.1, -0.05) is 54.6 Å². The highest BCUT2D eigenvalue weighted by Crippen LogP contribution is 2.24. The van der Waals surface area contributed by atoms with E-state index in [4.69, 9.17) is 0 Å². The van der Waals surface area contributed by atoms with Crippen LogP contribution < -0.4 is 0 Å². The average Bonchev–Trinajstić information content (AvgIpc) is 3.38. The molecule has 1 fully saturated rings. The SMILES string of the molecule is Cc1nc(C)c(C=CC(=O)N(Cc2ccc(-c3ccncc3)cc2)[C@@H](Cc2ccccc2)C(=O)N2CCC(N(C)C)CC2)s1. The van der Waals surface area contributed by atoms with Gasteiger partial charge in [0.1, 0.15) is 6.04 Å². The number of aromatic nitrogens is 2. The van der Waals surface area contributed by atoms with Crippen molar-refractivity contribution >= 4 is 29.2 Å². The molecule has 0 N–H and O–H groups in total. The number of rotatable bonds is 10. The van der Waals surface area contributed by atoms with Crippen LogP contribution in [0.4, 0.5) is 0 Å². The van der Waals surface area contributed by atoms with Crippen LogP contribution in [-0.2, 0) is 22.6 Å². The first kappa shape index (κ1) is 31.3. The summed E-state index contributed by atoms with van der Waals surface area (Å²) in [6.45, 7) is 5.61. The van der Waals surface area contributed by atoms with Crippen LogP contribution >= 0.6 is 11.3 Å². The lowest BCUT2D eigenvalue weighted by molar-refractivity contribution is -0.145. The quantitative estimate of drug-likeness (QED) is 0.206. The van der Waals surface area contributed by atoms with Crippen LogP contribution in [0.5, 0.6) is 0 Å². The minimum absolute atomic E-state index is 0.00558. The van der Waals surface area contributed by atoms with Gasteiger partial charge in [0.05, 0.1) is 15.6 Å². The molecule has 7 nitrogen and oxygen atoms in total.